The smallest absolute Gasteiger partial charge is 0.346 e. The molecule has 0 bridgehead atoms. The molecule has 1 saturated heterocycles. The van der Waals surface area contributed by atoms with E-state index in [-0.39, 0.29) is 16.2 Å². The van der Waals surface area contributed by atoms with Crippen LogP contribution in [0.4, 0.5) is 10.1 Å². The number of Topliss-reactive ketones (excluding diaryl/α,β-unsaturated/α-hetero) is 1. The molecular weight excluding hydrogens is 293 g/mol. The van der Waals surface area contributed by atoms with E-state index in [0.29, 0.717) is 23.0 Å². The van der Waals surface area contributed by atoms with Crippen molar-refractivity contribution in [3.63, 3.8) is 0 Å². The third-order valence-electron chi connectivity index (χ3n) is 3.17. The first-order valence-electron chi connectivity index (χ1n) is 5.51. The fourth-order valence-corrected chi connectivity index (χ4v) is 3.74. The minimum atomic E-state index is -1.27. The lowest BCUT2D eigenvalue weighted by molar-refractivity contribution is -0.774. The lowest BCUT2D eigenvalue weighted by Gasteiger charge is -2.22. The molecule has 2 heterocycles. The Labute approximate surface area is 116 Å². The normalized spacial score (nSPS) is 21.4. The Morgan fingerprint density at radius 2 is 2.21 bits per heavy atom. The minimum absolute atomic E-state index is 0.0610. The maximum Gasteiger partial charge on any atom is 0.346 e. The van der Waals surface area contributed by atoms with Crippen LogP contribution in [0.25, 0.3) is 0 Å². The summed E-state index contributed by atoms with van der Waals surface area (Å²) >= 11 is 7.09. The van der Waals surface area contributed by atoms with E-state index in [1.165, 1.54) is 17.8 Å². The highest BCUT2D eigenvalue weighted by atomic mass is 35.5. The van der Waals surface area contributed by atoms with E-state index in [1.807, 2.05) is 0 Å². The summed E-state index contributed by atoms with van der Waals surface area (Å²) in [5.41, 5.74) is 0.383. The van der Waals surface area contributed by atoms with Gasteiger partial charge in [0.05, 0.1) is 22.9 Å². The van der Waals surface area contributed by atoms with Gasteiger partial charge in [-0.2, -0.15) is 0 Å². The van der Waals surface area contributed by atoms with Crippen LogP contribution in [0.3, 0.4) is 0 Å². The van der Waals surface area contributed by atoms with E-state index in [1.54, 1.807) is 0 Å². The molecule has 1 atom stereocenters. The number of ketones is 1. The van der Waals surface area contributed by atoms with Crippen LogP contribution in [0, 0.1) is 5.82 Å². The number of hydrogen-bond donors (Lipinski definition) is 2. The Hall–Kier alpha value is -1.37. The van der Waals surface area contributed by atoms with Gasteiger partial charge in [0.25, 0.3) is 0 Å². The Bertz CT molecular complexity index is 659. The summed E-state index contributed by atoms with van der Waals surface area (Å²) in [6.07, 6.45) is 0. The average Bonchev–Trinajstić information content (AvgIpc) is 2.80. The minimum Gasteiger partial charge on any atom is -0.477 e. The molecule has 2 aliphatic heterocycles. The monoisotopic (exact) mass is 300 g/mol. The predicted molar refractivity (Wildman–Crippen MR) is 68.4 cm³/mol. The summed E-state index contributed by atoms with van der Waals surface area (Å²) in [6, 6.07) is 2.43. The van der Waals surface area contributed by atoms with Crippen molar-refractivity contribution in [1.82, 2.24) is 0 Å². The molecule has 1 unspecified atom stereocenters. The summed E-state index contributed by atoms with van der Waals surface area (Å²) in [7, 11) is 0. The molecule has 0 spiro atoms. The van der Waals surface area contributed by atoms with Crippen molar-refractivity contribution >= 4 is 40.8 Å². The van der Waals surface area contributed by atoms with Gasteiger partial charge in [-0.1, -0.05) is 23.4 Å². The number of quaternary nitrogens is 1. The zero-order valence-electron chi connectivity index (χ0n) is 9.50. The van der Waals surface area contributed by atoms with Crippen LogP contribution in [0.5, 0.6) is 0 Å². The van der Waals surface area contributed by atoms with Gasteiger partial charge in [0, 0.05) is 6.07 Å². The van der Waals surface area contributed by atoms with Gasteiger partial charge in [-0.3, -0.25) is 9.69 Å². The fourth-order valence-electron chi connectivity index (χ4n) is 2.35. The zero-order chi connectivity index (χ0) is 13.7. The van der Waals surface area contributed by atoms with Gasteiger partial charge >= 0.3 is 5.97 Å². The van der Waals surface area contributed by atoms with Crippen LogP contribution in [0.2, 0.25) is 5.02 Å². The van der Waals surface area contributed by atoms with Gasteiger partial charge < -0.3 is 5.11 Å². The summed E-state index contributed by atoms with van der Waals surface area (Å²) in [4.78, 5) is 24.2. The molecule has 19 heavy (non-hydrogen) atoms. The molecule has 3 rings (SSSR count). The molecule has 98 valence electrons. The van der Waals surface area contributed by atoms with Crippen molar-refractivity contribution in [2.45, 2.75) is 0 Å². The van der Waals surface area contributed by atoms with Gasteiger partial charge in [0.2, 0.25) is 5.78 Å². The second-order valence-corrected chi connectivity index (χ2v) is 5.74. The maximum absolute atomic E-state index is 13.5. The number of carbonyl (C=O) groups is 2. The lowest BCUT2D eigenvalue weighted by Crippen LogP contribution is -3.04. The Kier molecular flexibility index (Phi) is 2.88. The molecule has 0 amide bonds. The number of halogens is 2. The number of thioether (sulfide) groups is 1. The first-order valence-corrected chi connectivity index (χ1v) is 6.87. The third-order valence-corrected chi connectivity index (χ3v) is 4.61. The molecule has 1 aromatic rings. The molecule has 0 aliphatic carbocycles. The molecule has 0 aromatic heterocycles. The van der Waals surface area contributed by atoms with Crippen LogP contribution in [-0.4, -0.2) is 29.2 Å². The van der Waals surface area contributed by atoms with Gasteiger partial charge in [-0.05, 0) is 6.07 Å². The molecular formula is C12H8ClFNO3S+. The SMILES string of the molecule is O=C(O)C1=C2SCC[NH+]2c2cc(Cl)c(F)cc2C1=O. The zero-order valence-corrected chi connectivity index (χ0v) is 11.1. The summed E-state index contributed by atoms with van der Waals surface area (Å²) < 4.78 is 13.5. The molecule has 1 aromatic carbocycles. The van der Waals surface area contributed by atoms with Crippen molar-refractivity contribution in [3.05, 3.63) is 39.1 Å². The van der Waals surface area contributed by atoms with Crippen LogP contribution in [0.1, 0.15) is 10.4 Å². The second-order valence-electron chi connectivity index (χ2n) is 4.23. The van der Waals surface area contributed by atoms with Crippen molar-refractivity contribution in [3.8, 4) is 0 Å². The molecule has 7 heteroatoms. The highest BCUT2D eigenvalue weighted by Gasteiger charge is 2.43. The Morgan fingerprint density at radius 1 is 1.47 bits per heavy atom. The van der Waals surface area contributed by atoms with Crippen LogP contribution in [-0.2, 0) is 4.79 Å². The number of carboxylic acids is 1. The number of nitrogens with one attached hydrogen (secondary N) is 1. The predicted octanol–water partition coefficient (Wildman–Crippen LogP) is 1.23. The molecule has 4 nitrogen and oxygen atoms in total. The number of benzene rings is 1. The standard InChI is InChI=1S/C12H7ClFNO3S/c13-6-4-8-5(3-7(6)14)10(16)9(12(17)18)11-15(8)1-2-19-11/h3-4H,1-2H2,(H,17,18)/p+1. The van der Waals surface area contributed by atoms with E-state index < -0.39 is 17.6 Å². The van der Waals surface area contributed by atoms with Crippen molar-refractivity contribution in [2.24, 2.45) is 0 Å². The number of carboxylic acid groups (broad SMARTS) is 1. The first-order chi connectivity index (χ1) is 9.00. The average molecular weight is 301 g/mol. The topological polar surface area (TPSA) is 58.8 Å². The largest absolute Gasteiger partial charge is 0.477 e. The van der Waals surface area contributed by atoms with Crippen LogP contribution >= 0.6 is 23.4 Å². The van der Waals surface area contributed by atoms with Gasteiger partial charge in [-0.25, -0.2) is 9.18 Å². The molecule has 1 fully saturated rings. The highest BCUT2D eigenvalue weighted by Crippen LogP contribution is 2.33. The number of hydrogen-bond acceptors (Lipinski definition) is 3. The maximum atomic E-state index is 13.5. The van der Waals surface area contributed by atoms with E-state index >= 15 is 0 Å². The van der Waals surface area contributed by atoms with Crippen LogP contribution < -0.4 is 4.90 Å². The molecule has 0 saturated carbocycles. The lowest BCUT2D eigenvalue weighted by atomic mass is 9.97. The number of carbonyl (C=O) groups excluding carboxylic acids is 1. The Balaban J connectivity index is 2.28. The Morgan fingerprint density at radius 3 is 2.89 bits per heavy atom. The molecule has 2 N–H and O–H groups in total. The van der Waals surface area contributed by atoms with E-state index in [9.17, 15) is 19.1 Å². The summed E-state index contributed by atoms with van der Waals surface area (Å²) in [5.74, 6) is -1.92. The van der Waals surface area contributed by atoms with Gasteiger partial charge in [0.1, 0.15) is 11.5 Å². The van der Waals surface area contributed by atoms with Crippen molar-refractivity contribution in [2.75, 3.05) is 12.3 Å². The van der Waals surface area contributed by atoms with Gasteiger partial charge in [-0.15, -0.1) is 0 Å². The van der Waals surface area contributed by atoms with Crippen molar-refractivity contribution in [1.29, 1.82) is 0 Å². The summed E-state index contributed by atoms with van der Waals surface area (Å²) in [5, 5.41) is 9.61. The van der Waals surface area contributed by atoms with E-state index in [0.717, 1.165) is 11.0 Å². The third kappa shape index (κ3) is 1.79. The first kappa shape index (κ1) is 12.7. The quantitative estimate of drug-likeness (QED) is 0.766. The van der Waals surface area contributed by atoms with E-state index in [4.69, 9.17) is 11.6 Å². The molecule has 0 radical (unpaired) electrons. The van der Waals surface area contributed by atoms with E-state index in [2.05, 4.69) is 0 Å². The van der Waals surface area contributed by atoms with Crippen molar-refractivity contribution < 1.29 is 24.0 Å². The number of aliphatic carboxylic acids is 1. The second kappa shape index (κ2) is 4.33. The number of fused-ring (bicyclic) bond motifs is 3. The van der Waals surface area contributed by atoms with Gasteiger partial charge in [0.15, 0.2) is 10.6 Å². The number of rotatable bonds is 1. The summed E-state index contributed by atoms with van der Waals surface area (Å²) in [6.45, 7) is 0.652. The fraction of sp³-hybridized carbons (Fsp3) is 0.167. The highest BCUT2D eigenvalue weighted by molar-refractivity contribution is 8.03. The molecule has 2 aliphatic rings. The van der Waals surface area contributed by atoms with Crippen LogP contribution in [0.15, 0.2) is 22.7 Å².